The molecule has 4 aromatic rings. The minimum absolute atomic E-state index is 0.247. The maximum Gasteiger partial charge on any atom is 0.279 e. The first-order chi connectivity index (χ1) is 14.5. The van der Waals surface area contributed by atoms with Gasteiger partial charge in [0.2, 0.25) is 0 Å². The quantitative estimate of drug-likeness (QED) is 0.430. The molecule has 2 aromatic carbocycles. The van der Waals surface area contributed by atoms with Crippen LogP contribution < -0.4 is 4.80 Å². The monoisotopic (exact) mass is 419 g/mol. The number of hydrogen-bond acceptors (Lipinski definition) is 4. The summed E-state index contributed by atoms with van der Waals surface area (Å²) < 4.78 is 8.81. The first kappa shape index (κ1) is 20.4. The summed E-state index contributed by atoms with van der Waals surface area (Å²) in [5.74, 6) is -0.247. The summed E-state index contributed by atoms with van der Waals surface area (Å²) in [6, 6.07) is 13.8. The van der Waals surface area contributed by atoms with Crippen molar-refractivity contribution in [1.29, 1.82) is 0 Å². The lowest BCUT2D eigenvalue weighted by atomic mass is 10.1. The number of thiazole rings is 1. The third-order valence-electron chi connectivity index (χ3n) is 5.05. The number of aromatic nitrogens is 2. The van der Waals surface area contributed by atoms with E-state index in [4.69, 9.17) is 4.74 Å². The van der Waals surface area contributed by atoms with E-state index in [0.717, 1.165) is 26.8 Å². The van der Waals surface area contributed by atoms with E-state index < -0.39 is 0 Å². The number of hydrogen-bond donors (Lipinski definition) is 0. The van der Waals surface area contributed by atoms with Crippen molar-refractivity contribution in [3.63, 3.8) is 0 Å². The van der Waals surface area contributed by atoms with Crippen LogP contribution >= 0.6 is 11.3 Å². The average Bonchev–Trinajstić information content (AvgIpc) is 3.04. The molecule has 30 heavy (non-hydrogen) atoms. The minimum atomic E-state index is -0.247. The lowest BCUT2D eigenvalue weighted by Crippen LogP contribution is -2.20. The Labute approximate surface area is 179 Å². The van der Waals surface area contributed by atoms with Crippen molar-refractivity contribution in [2.45, 2.75) is 34.2 Å². The Balaban J connectivity index is 1.80. The van der Waals surface area contributed by atoms with E-state index in [9.17, 15) is 4.79 Å². The average molecular weight is 420 g/mol. The molecule has 0 saturated carbocycles. The van der Waals surface area contributed by atoms with Crippen LogP contribution in [0.3, 0.4) is 0 Å². The molecule has 0 aliphatic rings. The molecule has 0 N–H and O–H groups in total. The second kappa shape index (κ2) is 8.50. The third-order valence-corrected chi connectivity index (χ3v) is 6.07. The van der Waals surface area contributed by atoms with Crippen molar-refractivity contribution < 1.29 is 9.53 Å². The summed E-state index contributed by atoms with van der Waals surface area (Å²) in [4.78, 5) is 22.7. The molecular formula is C24H25N3O2S. The highest BCUT2D eigenvalue weighted by Gasteiger charge is 2.12. The van der Waals surface area contributed by atoms with E-state index in [1.54, 1.807) is 17.4 Å². The predicted octanol–water partition coefficient (Wildman–Crippen LogP) is 4.95. The Morgan fingerprint density at radius 2 is 1.97 bits per heavy atom. The number of nitrogens with zero attached hydrogens (tertiary/aromatic N) is 3. The normalized spacial score (nSPS) is 12.2. The zero-order chi connectivity index (χ0) is 21.3. The maximum absolute atomic E-state index is 13.0. The molecule has 0 spiro atoms. The number of fused-ring (bicyclic) bond motifs is 2. The number of carbonyl (C=O) groups excluding carboxylic acids is 1. The number of rotatable bonds is 5. The predicted molar refractivity (Wildman–Crippen MR) is 122 cm³/mol. The van der Waals surface area contributed by atoms with Crippen LogP contribution in [0.5, 0.6) is 0 Å². The third kappa shape index (κ3) is 4.06. The van der Waals surface area contributed by atoms with E-state index in [-0.39, 0.29) is 5.91 Å². The van der Waals surface area contributed by atoms with Crippen LogP contribution in [0.25, 0.3) is 21.1 Å². The molecule has 2 heterocycles. The van der Waals surface area contributed by atoms with Crippen molar-refractivity contribution in [1.82, 2.24) is 9.55 Å². The second-order valence-electron chi connectivity index (χ2n) is 7.44. The van der Waals surface area contributed by atoms with Gasteiger partial charge in [0, 0.05) is 29.8 Å². The number of ether oxygens (including phenoxy) is 1. The van der Waals surface area contributed by atoms with E-state index in [2.05, 4.69) is 40.5 Å². The molecule has 154 valence electrons. The topological polar surface area (TPSA) is 56.5 Å². The van der Waals surface area contributed by atoms with Gasteiger partial charge in [-0.3, -0.25) is 9.78 Å². The lowest BCUT2D eigenvalue weighted by molar-refractivity contribution is 0.0996. The smallest absolute Gasteiger partial charge is 0.279 e. The van der Waals surface area contributed by atoms with Gasteiger partial charge in [0.15, 0.2) is 4.80 Å². The fraction of sp³-hybridized carbons (Fsp3) is 0.292. The number of pyridine rings is 1. The Hall–Kier alpha value is -2.83. The van der Waals surface area contributed by atoms with Crippen molar-refractivity contribution in [3.8, 4) is 0 Å². The molecule has 0 bridgehead atoms. The van der Waals surface area contributed by atoms with Gasteiger partial charge < -0.3 is 9.30 Å². The van der Waals surface area contributed by atoms with Gasteiger partial charge in [-0.15, -0.1) is 0 Å². The fourth-order valence-corrected chi connectivity index (χ4v) is 4.93. The number of aryl methyl sites for hydroxylation is 3. The summed E-state index contributed by atoms with van der Waals surface area (Å²) in [7, 11) is 0. The van der Waals surface area contributed by atoms with Crippen LogP contribution in [0.15, 0.2) is 47.5 Å². The van der Waals surface area contributed by atoms with Crippen LogP contribution in [-0.2, 0) is 11.3 Å². The molecule has 0 fully saturated rings. The molecule has 0 unspecified atom stereocenters. The SMILES string of the molecule is CCOCCn1c(=NC(=O)c2ccc3nc(C)ccc3c2)sc2cc(C)cc(C)c21. The lowest BCUT2D eigenvalue weighted by Gasteiger charge is -2.08. The molecule has 6 heteroatoms. The standard InChI is InChI=1S/C24H25N3O2S/c1-5-29-11-10-27-22-16(3)12-15(2)13-21(22)30-24(27)26-23(28)19-8-9-20-18(14-19)7-6-17(4)25-20/h6-9,12-14H,5,10-11H2,1-4H3. The molecule has 2 aromatic heterocycles. The first-order valence-corrected chi connectivity index (χ1v) is 10.9. The van der Waals surface area contributed by atoms with Gasteiger partial charge >= 0.3 is 0 Å². The Morgan fingerprint density at radius 3 is 2.77 bits per heavy atom. The molecule has 0 saturated heterocycles. The van der Waals surface area contributed by atoms with Crippen molar-refractivity contribution in [3.05, 3.63) is 69.7 Å². The highest BCUT2D eigenvalue weighted by molar-refractivity contribution is 7.16. The highest BCUT2D eigenvalue weighted by atomic mass is 32.1. The zero-order valence-corrected chi connectivity index (χ0v) is 18.5. The minimum Gasteiger partial charge on any atom is -0.380 e. The van der Waals surface area contributed by atoms with Crippen molar-refractivity contribution in [2.75, 3.05) is 13.2 Å². The van der Waals surface area contributed by atoms with E-state index in [0.29, 0.717) is 30.1 Å². The van der Waals surface area contributed by atoms with Gasteiger partial charge in [-0.2, -0.15) is 4.99 Å². The fourth-order valence-electron chi connectivity index (χ4n) is 3.70. The van der Waals surface area contributed by atoms with Crippen LogP contribution in [0.4, 0.5) is 0 Å². The summed E-state index contributed by atoms with van der Waals surface area (Å²) in [6.45, 7) is 10.0. The second-order valence-corrected chi connectivity index (χ2v) is 8.45. The van der Waals surface area contributed by atoms with Crippen molar-refractivity contribution >= 4 is 38.4 Å². The molecule has 0 radical (unpaired) electrons. The van der Waals surface area contributed by atoms with Crippen LogP contribution in [0, 0.1) is 20.8 Å². The van der Waals surface area contributed by atoms with E-state index in [1.807, 2.05) is 38.1 Å². The number of carbonyl (C=O) groups is 1. The van der Waals surface area contributed by atoms with Gasteiger partial charge in [-0.05, 0) is 69.2 Å². The summed E-state index contributed by atoms with van der Waals surface area (Å²) >= 11 is 1.55. The van der Waals surface area contributed by atoms with Crippen LogP contribution in [0.1, 0.15) is 34.1 Å². The maximum atomic E-state index is 13.0. The zero-order valence-electron chi connectivity index (χ0n) is 17.7. The molecule has 5 nitrogen and oxygen atoms in total. The van der Waals surface area contributed by atoms with Gasteiger partial charge in [-0.1, -0.05) is 23.5 Å². The molecule has 4 rings (SSSR count). The summed E-state index contributed by atoms with van der Waals surface area (Å²) in [5, 5.41) is 0.939. The van der Waals surface area contributed by atoms with Gasteiger partial charge in [0.1, 0.15) is 0 Å². The molecule has 0 atom stereocenters. The van der Waals surface area contributed by atoms with Crippen LogP contribution in [-0.4, -0.2) is 28.7 Å². The molecule has 0 aliphatic carbocycles. The molecular weight excluding hydrogens is 394 g/mol. The molecule has 1 amide bonds. The highest BCUT2D eigenvalue weighted by Crippen LogP contribution is 2.23. The Kier molecular flexibility index (Phi) is 5.79. The Morgan fingerprint density at radius 1 is 1.13 bits per heavy atom. The van der Waals surface area contributed by atoms with Gasteiger partial charge in [0.05, 0.1) is 22.3 Å². The van der Waals surface area contributed by atoms with E-state index >= 15 is 0 Å². The first-order valence-electron chi connectivity index (χ1n) is 10.1. The number of benzene rings is 2. The summed E-state index contributed by atoms with van der Waals surface area (Å²) in [6.07, 6.45) is 0. The Bertz CT molecular complexity index is 1320. The van der Waals surface area contributed by atoms with Crippen LogP contribution in [0.2, 0.25) is 0 Å². The van der Waals surface area contributed by atoms with Gasteiger partial charge in [0.25, 0.3) is 5.91 Å². The largest absolute Gasteiger partial charge is 0.380 e. The number of amides is 1. The van der Waals surface area contributed by atoms with E-state index in [1.165, 1.54) is 11.1 Å². The summed E-state index contributed by atoms with van der Waals surface area (Å²) in [5.41, 5.74) is 5.90. The molecule has 0 aliphatic heterocycles. The van der Waals surface area contributed by atoms with Crippen molar-refractivity contribution in [2.24, 2.45) is 4.99 Å². The van der Waals surface area contributed by atoms with Gasteiger partial charge in [-0.25, -0.2) is 0 Å².